The van der Waals surface area contributed by atoms with Crippen molar-refractivity contribution in [3.05, 3.63) is 70.0 Å². The zero-order chi connectivity index (χ0) is 17.0. The second-order valence-corrected chi connectivity index (χ2v) is 4.57. The average Bonchev–Trinajstić information content (AvgIpc) is 2.50. The van der Waals surface area contributed by atoms with Crippen LogP contribution in [0.2, 0.25) is 0 Å². The Morgan fingerprint density at radius 2 is 1.74 bits per heavy atom. The quantitative estimate of drug-likeness (QED) is 0.530. The smallest absolute Gasteiger partial charge is 0.146 e. The molecule has 0 spiro atoms. The number of hydrogen-bond donors (Lipinski definition) is 1. The molecule has 0 radical (unpaired) electrons. The van der Waals surface area contributed by atoms with E-state index in [0.717, 1.165) is 18.2 Å². The van der Waals surface area contributed by atoms with Gasteiger partial charge in [-0.25, -0.2) is 18.1 Å². The van der Waals surface area contributed by atoms with E-state index in [0.29, 0.717) is 5.56 Å². The third kappa shape index (κ3) is 3.35. The van der Waals surface area contributed by atoms with Gasteiger partial charge in [0, 0.05) is 11.1 Å². The van der Waals surface area contributed by atoms with E-state index in [2.05, 4.69) is 16.7 Å². The number of rotatable bonds is 3. The van der Waals surface area contributed by atoms with Crippen LogP contribution in [0.3, 0.4) is 0 Å². The summed E-state index contributed by atoms with van der Waals surface area (Å²) in [6, 6.07) is 6.89. The Hall–Kier alpha value is -2.80. The number of nitriles is 1. The lowest BCUT2D eigenvalue weighted by Gasteiger charge is -2.16. The van der Waals surface area contributed by atoms with Crippen LogP contribution in [-0.4, -0.2) is 5.26 Å². The van der Waals surface area contributed by atoms with Crippen LogP contribution in [-0.2, 0) is 4.89 Å². The average molecular weight is 317 g/mol. The lowest BCUT2D eigenvalue weighted by molar-refractivity contribution is -0.271. The molecule has 23 heavy (non-hydrogen) atoms. The van der Waals surface area contributed by atoms with Crippen LogP contribution in [0.4, 0.5) is 13.2 Å². The minimum absolute atomic E-state index is 0.127. The highest BCUT2D eigenvalue weighted by molar-refractivity contribution is 5.42. The van der Waals surface area contributed by atoms with E-state index in [-0.39, 0.29) is 11.1 Å². The fraction of sp³-hybridized carbons (Fsp3) is 0.118. The van der Waals surface area contributed by atoms with E-state index in [4.69, 9.17) is 10.5 Å². The molecule has 0 aliphatic heterocycles. The molecule has 0 bridgehead atoms. The fourth-order valence-electron chi connectivity index (χ4n) is 2.11. The van der Waals surface area contributed by atoms with Gasteiger partial charge in [-0.15, -0.1) is 5.92 Å². The Morgan fingerprint density at radius 1 is 1.09 bits per heavy atom. The van der Waals surface area contributed by atoms with E-state index >= 15 is 0 Å². The maximum atomic E-state index is 14.1. The zero-order valence-corrected chi connectivity index (χ0v) is 11.9. The van der Waals surface area contributed by atoms with Gasteiger partial charge in [0.05, 0.1) is 0 Å². The Bertz CT molecular complexity index is 824. The molecule has 2 rings (SSSR count). The van der Waals surface area contributed by atoms with Gasteiger partial charge in [-0.3, -0.25) is 5.26 Å². The van der Waals surface area contributed by atoms with E-state index in [1.807, 2.05) is 0 Å². The molecule has 2 aromatic carbocycles. The highest BCUT2D eigenvalue weighted by Crippen LogP contribution is 2.30. The van der Waals surface area contributed by atoms with E-state index in [1.54, 1.807) is 6.92 Å². The maximum Gasteiger partial charge on any atom is 0.146 e. The third-order valence-electron chi connectivity index (χ3n) is 3.14. The lowest BCUT2D eigenvalue weighted by atomic mass is 9.98. The number of hydrogen-bond acceptors (Lipinski definition) is 3. The largest absolute Gasteiger partial charge is 0.251 e. The highest BCUT2D eigenvalue weighted by Gasteiger charge is 2.22. The molecule has 116 valence electrons. The Balaban J connectivity index is 2.52. The SMILES string of the molecule is CC#Cc1ccc(C(OO)c2cc(F)c(C#N)c(F)c2)c(F)c1. The molecule has 0 heterocycles. The Kier molecular flexibility index (Phi) is 5.02. The van der Waals surface area contributed by atoms with E-state index in [1.165, 1.54) is 18.2 Å². The maximum absolute atomic E-state index is 14.1. The predicted octanol–water partition coefficient (Wildman–Crippen LogP) is 3.93. The van der Waals surface area contributed by atoms with Gasteiger partial charge in [-0.05, 0) is 36.8 Å². The van der Waals surface area contributed by atoms with Crippen molar-refractivity contribution in [3.63, 3.8) is 0 Å². The summed E-state index contributed by atoms with van der Waals surface area (Å²) in [5.74, 6) is 2.25. The van der Waals surface area contributed by atoms with Crippen LogP contribution in [0, 0.1) is 40.6 Å². The fourth-order valence-corrected chi connectivity index (χ4v) is 2.11. The summed E-state index contributed by atoms with van der Waals surface area (Å²) in [6.45, 7) is 1.59. The normalized spacial score (nSPS) is 11.3. The number of benzene rings is 2. The molecule has 0 saturated carbocycles. The molecular formula is C17H10F3NO2. The Labute approximate surface area is 130 Å². The van der Waals surface area contributed by atoms with Crippen LogP contribution >= 0.6 is 0 Å². The minimum Gasteiger partial charge on any atom is -0.251 e. The first kappa shape index (κ1) is 16.6. The molecule has 0 fully saturated rings. The minimum atomic E-state index is -1.45. The molecule has 1 unspecified atom stereocenters. The van der Waals surface area contributed by atoms with Gasteiger partial charge in [0.1, 0.15) is 35.2 Å². The zero-order valence-electron chi connectivity index (χ0n) is 11.9. The molecule has 0 aromatic heterocycles. The molecule has 3 nitrogen and oxygen atoms in total. The molecule has 0 saturated heterocycles. The molecular weight excluding hydrogens is 307 g/mol. The monoisotopic (exact) mass is 317 g/mol. The van der Waals surface area contributed by atoms with Crippen LogP contribution in [0.15, 0.2) is 30.3 Å². The van der Waals surface area contributed by atoms with Crippen molar-refractivity contribution in [2.24, 2.45) is 0 Å². The second kappa shape index (κ2) is 6.97. The lowest BCUT2D eigenvalue weighted by Crippen LogP contribution is -2.08. The summed E-state index contributed by atoms with van der Waals surface area (Å²) in [5.41, 5.74) is -0.658. The van der Waals surface area contributed by atoms with Gasteiger partial charge in [-0.1, -0.05) is 12.0 Å². The van der Waals surface area contributed by atoms with Crippen LogP contribution < -0.4 is 0 Å². The number of halogens is 3. The molecule has 1 N–H and O–H groups in total. The van der Waals surface area contributed by atoms with Gasteiger partial charge in [0.2, 0.25) is 0 Å². The molecule has 0 amide bonds. The summed E-state index contributed by atoms with van der Waals surface area (Å²) in [4.78, 5) is 4.19. The first-order chi connectivity index (χ1) is 11.0. The topological polar surface area (TPSA) is 53.2 Å². The van der Waals surface area contributed by atoms with Crippen molar-refractivity contribution in [1.29, 1.82) is 5.26 Å². The van der Waals surface area contributed by atoms with Gasteiger partial charge < -0.3 is 0 Å². The van der Waals surface area contributed by atoms with Crippen molar-refractivity contribution in [3.8, 4) is 17.9 Å². The van der Waals surface area contributed by atoms with Gasteiger partial charge in [0.25, 0.3) is 0 Å². The first-order valence-electron chi connectivity index (χ1n) is 6.43. The van der Waals surface area contributed by atoms with Crippen LogP contribution in [0.5, 0.6) is 0 Å². The van der Waals surface area contributed by atoms with Crippen molar-refractivity contribution in [2.75, 3.05) is 0 Å². The van der Waals surface area contributed by atoms with Crippen molar-refractivity contribution >= 4 is 0 Å². The second-order valence-electron chi connectivity index (χ2n) is 4.57. The van der Waals surface area contributed by atoms with Gasteiger partial charge in [0.15, 0.2) is 0 Å². The predicted molar refractivity (Wildman–Crippen MR) is 75.6 cm³/mol. The number of nitrogens with zero attached hydrogens (tertiary/aromatic N) is 1. The van der Waals surface area contributed by atoms with Crippen molar-refractivity contribution in [2.45, 2.75) is 13.0 Å². The van der Waals surface area contributed by atoms with Crippen LogP contribution in [0.1, 0.15) is 35.3 Å². The summed E-state index contributed by atoms with van der Waals surface area (Å²) in [6.07, 6.45) is -1.45. The van der Waals surface area contributed by atoms with E-state index in [9.17, 15) is 13.2 Å². The van der Waals surface area contributed by atoms with Crippen molar-refractivity contribution < 1.29 is 23.3 Å². The van der Waals surface area contributed by atoms with E-state index < -0.39 is 29.1 Å². The molecule has 0 aliphatic carbocycles. The summed E-state index contributed by atoms with van der Waals surface area (Å²) in [7, 11) is 0. The standard InChI is InChI=1S/C17H10F3NO2/c1-2-3-10-4-5-12(14(18)6-10)17(23-22)11-7-15(19)13(9-21)16(20)8-11/h4-8,17,22H,1H3. The Morgan fingerprint density at radius 3 is 2.22 bits per heavy atom. The molecule has 0 aliphatic rings. The van der Waals surface area contributed by atoms with Gasteiger partial charge in [-0.2, -0.15) is 5.26 Å². The summed E-state index contributed by atoms with van der Waals surface area (Å²) >= 11 is 0. The molecule has 1 atom stereocenters. The third-order valence-corrected chi connectivity index (χ3v) is 3.14. The highest BCUT2D eigenvalue weighted by atomic mass is 19.1. The van der Waals surface area contributed by atoms with Crippen LogP contribution in [0.25, 0.3) is 0 Å². The first-order valence-corrected chi connectivity index (χ1v) is 6.43. The van der Waals surface area contributed by atoms with Gasteiger partial charge >= 0.3 is 0 Å². The molecule has 6 heteroatoms. The van der Waals surface area contributed by atoms with Crippen molar-refractivity contribution in [1.82, 2.24) is 0 Å². The summed E-state index contributed by atoms with van der Waals surface area (Å²) < 4.78 is 41.5. The molecule has 2 aromatic rings. The summed E-state index contributed by atoms with van der Waals surface area (Å²) in [5, 5.41) is 17.7.